The monoisotopic (exact) mass is 235 g/mol. The molecule has 2 heteroatoms. The molecule has 2 atom stereocenters. The van der Waals surface area contributed by atoms with Crippen LogP contribution in [0.2, 0.25) is 0 Å². The largest absolute Gasteiger partial charge is 0.393 e. The van der Waals surface area contributed by atoms with Gasteiger partial charge in [0.25, 0.3) is 6.26 Å². The van der Waals surface area contributed by atoms with Crippen LogP contribution in [0.15, 0.2) is 23.5 Å². The lowest BCUT2D eigenvalue weighted by Crippen LogP contribution is -2.00. The first kappa shape index (κ1) is 15.8. The fourth-order valence-electron chi connectivity index (χ4n) is 1.49. The topological polar surface area (TPSA) is 33.0 Å². The average molecular weight is 235 g/mol. The predicted octanol–water partition coefficient (Wildman–Crippen LogP) is 4.80. The van der Waals surface area contributed by atoms with E-state index in [0.717, 1.165) is 5.92 Å². The Bertz CT molecular complexity index is 309. The summed E-state index contributed by atoms with van der Waals surface area (Å²) < 4.78 is 4.71. The number of hydrogen-bond donors (Lipinski definition) is 0. The van der Waals surface area contributed by atoms with Crippen molar-refractivity contribution in [2.24, 2.45) is 11.8 Å². The highest BCUT2D eigenvalue weighted by Gasteiger charge is 2.06. The van der Waals surface area contributed by atoms with E-state index in [9.17, 15) is 0 Å². The third kappa shape index (κ3) is 7.63. The molecule has 96 valence electrons. The quantitative estimate of drug-likeness (QED) is 0.361. The van der Waals surface area contributed by atoms with Gasteiger partial charge in [-0.1, -0.05) is 45.3 Å². The summed E-state index contributed by atoms with van der Waals surface area (Å²) in [6.07, 6.45) is 9.34. The zero-order valence-corrected chi connectivity index (χ0v) is 11.8. The van der Waals surface area contributed by atoms with E-state index in [1.807, 2.05) is 12.2 Å². The number of ether oxygens (including phenoxy) is 1. The lowest BCUT2D eigenvalue weighted by Gasteiger charge is -2.14. The van der Waals surface area contributed by atoms with Gasteiger partial charge in [0.2, 0.25) is 0 Å². The third-order valence-corrected chi connectivity index (χ3v) is 3.35. The second kappa shape index (κ2) is 8.87. The Balaban J connectivity index is 4.21. The number of hydrogen-bond acceptors (Lipinski definition) is 2. The van der Waals surface area contributed by atoms with E-state index in [4.69, 9.17) is 10.00 Å². The zero-order valence-electron chi connectivity index (χ0n) is 11.8. The lowest BCUT2D eigenvalue weighted by molar-refractivity contribution is 0.377. The number of nitriles is 1. The molecule has 0 saturated carbocycles. The molecule has 2 nitrogen and oxygen atoms in total. The Kier molecular flexibility index (Phi) is 8.23. The van der Waals surface area contributed by atoms with Crippen molar-refractivity contribution < 1.29 is 4.74 Å². The predicted molar refractivity (Wildman–Crippen MR) is 72.1 cm³/mol. The number of nitrogens with zero attached hydrogens (tertiary/aromatic N) is 1. The van der Waals surface area contributed by atoms with Crippen molar-refractivity contribution in [1.82, 2.24) is 0 Å². The molecule has 17 heavy (non-hydrogen) atoms. The van der Waals surface area contributed by atoms with Crippen molar-refractivity contribution >= 4 is 0 Å². The van der Waals surface area contributed by atoms with Crippen LogP contribution in [0.3, 0.4) is 0 Å². The van der Waals surface area contributed by atoms with Crippen LogP contribution in [-0.2, 0) is 4.74 Å². The molecule has 0 saturated heterocycles. The normalized spacial score (nSPS) is 16.2. The summed E-state index contributed by atoms with van der Waals surface area (Å²) in [4.78, 5) is 0. The molecule has 0 heterocycles. The van der Waals surface area contributed by atoms with Crippen molar-refractivity contribution in [3.63, 3.8) is 0 Å². The highest BCUT2D eigenvalue weighted by molar-refractivity contribution is 5.14. The SMILES string of the molecule is CCC(C)CCC(C)/C(C)=C/C=C(\C)OC#N. The molecule has 0 amide bonds. The van der Waals surface area contributed by atoms with Crippen molar-refractivity contribution in [2.75, 3.05) is 0 Å². The van der Waals surface area contributed by atoms with Crippen LogP contribution in [0.25, 0.3) is 0 Å². The fourth-order valence-corrected chi connectivity index (χ4v) is 1.49. The first-order chi connectivity index (χ1) is 8.01. The highest BCUT2D eigenvalue weighted by Crippen LogP contribution is 2.20. The van der Waals surface area contributed by atoms with Crippen LogP contribution in [0.1, 0.15) is 53.9 Å². The molecule has 0 aromatic rings. The van der Waals surface area contributed by atoms with Crippen LogP contribution >= 0.6 is 0 Å². The minimum atomic E-state index is 0.593. The van der Waals surface area contributed by atoms with Gasteiger partial charge in [0.15, 0.2) is 0 Å². The summed E-state index contributed by atoms with van der Waals surface area (Å²) in [5.74, 6) is 2.04. The van der Waals surface area contributed by atoms with Gasteiger partial charge in [0, 0.05) is 0 Å². The third-order valence-electron chi connectivity index (χ3n) is 3.35. The molecule has 0 aliphatic rings. The van der Waals surface area contributed by atoms with Crippen LogP contribution in [0, 0.1) is 23.4 Å². The van der Waals surface area contributed by atoms with E-state index < -0.39 is 0 Å². The first-order valence-electron chi connectivity index (χ1n) is 6.42. The van der Waals surface area contributed by atoms with Crippen molar-refractivity contribution in [1.29, 1.82) is 5.26 Å². The van der Waals surface area contributed by atoms with Crippen molar-refractivity contribution in [2.45, 2.75) is 53.9 Å². The van der Waals surface area contributed by atoms with Crippen LogP contribution in [0.4, 0.5) is 0 Å². The van der Waals surface area contributed by atoms with Gasteiger partial charge >= 0.3 is 0 Å². The van der Waals surface area contributed by atoms with Crippen LogP contribution < -0.4 is 0 Å². The van der Waals surface area contributed by atoms with Gasteiger partial charge in [-0.2, -0.15) is 0 Å². The molecule has 0 aliphatic heterocycles. The summed E-state index contributed by atoms with van der Waals surface area (Å²) >= 11 is 0. The standard InChI is InChI=1S/C15H25NO/c1-6-12(2)7-8-13(3)14(4)9-10-15(5)17-11-16/h9-10,12-13H,6-8H2,1-5H3/b14-9+,15-10+. The Hall–Kier alpha value is -1.23. The van der Waals surface area contributed by atoms with Crippen molar-refractivity contribution in [3.05, 3.63) is 23.5 Å². The summed E-state index contributed by atoms with van der Waals surface area (Å²) in [5.41, 5.74) is 1.34. The molecule has 0 aromatic carbocycles. The summed E-state index contributed by atoms with van der Waals surface area (Å²) in [5, 5.41) is 8.35. The molecule has 0 aliphatic carbocycles. The second-order valence-electron chi connectivity index (χ2n) is 4.87. The van der Waals surface area contributed by atoms with E-state index >= 15 is 0 Å². The molecule has 0 radical (unpaired) electrons. The Morgan fingerprint density at radius 3 is 2.41 bits per heavy atom. The van der Waals surface area contributed by atoms with E-state index in [2.05, 4.69) is 27.7 Å². The van der Waals surface area contributed by atoms with Gasteiger partial charge in [-0.05, 0) is 38.2 Å². The molecule has 0 fully saturated rings. The average Bonchev–Trinajstić information content (AvgIpc) is 2.32. The van der Waals surface area contributed by atoms with E-state index in [-0.39, 0.29) is 0 Å². The van der Waals surface area contributed by atoms with E-state index in [1.165, 1.54) is 24.8 Å². The van der Waals surface area contributed by atoms with Crippen LogP contribution in [-0.4, -0.2) is 0 Å². The number of allylic oxidation sites excluding steroid dienone is 4. The Labute approximate surface area is 106 Å². The molecule has 0 N–H and O–H groups in total. The van der Waals surface area contributed by atoms with Gasteiger partial charge in [-0.25, -0.2) is 0 Å². The lowest BCUT2D eigenvalue weighted by atomic mass is 9.92. The second-order valence-corrected chi connectivity index (χ2v) is 4.87. The zero-order chi connectivity index (χ0) is 13.3. The Morgan fingerprint density at radius 2 is 1.88 bits per heavy atom. The van der Waals surface area contributed by atoms with E-state index in [0.29, 0.717) is 11.7 Å². The summed E-state index contributed by atoms with van der Waals surface area (Å²) in [7, 11) is 0. The summed E-state index contributed by atoms with van der Waals surface area (Å²) in [6.45, 7) is 10.7. The fraction of sp³-hybridized carbons (Fsp3) is 0.667. The highest BCUT2D eigenvalue weighted by atomic mass is 16.5. The molecule has 0 aromatic heterocycles. The minimum absolute atomic E-state index is 0.593. The molecule has 2 unspecified atom stereocenters. The molecular weight excluding hydrogens is 210 g/mol. The minimum Gasteiger partial charge on any atom is -0.393 e. The molecule has 0 spiro atoms. The van der Waals surface area contributed by atoms with Gasteiger partial charge < -0.3 is 4.74 Å². The van der Waals surface area contributed by atoms with Gasteiger partial charge in [-0.15, -0.1) is 5.26 Å². The van der Waals surface area contributed by atoms with Gasteiger partial charge in [0.1, 0.15) is 5.76 Å². The van der Waals surface area contributed by atoms with E-state index in [1.54, 1.807) is 13.2 Å². The first-order valence-corrected chi connectivity index (χ1v) is 6.42. The van der Waals surface area contributed by atoms with Crippen molar-refractivity contribution in [3.8, 4) is 6.26 Å². The van der Waals surface area contributed by atoms with Gasteiger partial charge in [0.05, 0.1) is 0 Å². The van der Waals surface area contributed by atoms with Gasteiger partial charge in [-0.3, -0.25) is 0 Å². The maximum Gasteiger partial charge on any atom is 0.291 e. The summed E-state index contributed by atoms with van der Waals surface area (Å²) in [6, 6.07) is 0. The maximum atomic E-state index is 8.35. The molecule has 0 bridgehead atoms. The Morgan fingerprint density at radius 1 is 1.24 bits per heavy atom. The molecular formula is C15H25NO. The van der Waals surface area contributed by atoms with Crippen LogP contribution in [0.5, 0.6) is 0 Å². The smallest absolute Gasteiger partial charge is 0.291 e. The molecule has 0 rings (SSSR count). The maximum absolute atomic E-state index is 8.35. The number of rotatable bonds is 7.